The maximum absolute atomic E-state index is 12.7. The number of benzene rings is 2. The van der Waals surface area contributed by atoms with Crippen molar-refractivity contribution < 1.29 is 19.2 Å². The molecule has 1 aliphatic rings. The number of anilines is 1. The molecule has 1 saturated heterocycles. The van der Waals surface area contributed by atoms with Crippen molar-refractivity contribution in [1.82, 2.24) is 10.1 Å². The number of hydrogen-bond donors (Lipinski definition) is 1. The van der Waals surface area contributed by atoms with E-state index in [1.54, 1.807) is 12.1 Å². The molecular weight excluding hydrogens is 394 g/mol. The lowest BCUT2D eigenvalue weighted by atomic mass is 10.1. The molecule has 0 atom stereocenters. The van der Waals surface area contributed by atoms with E-state index in [9.17, 15) is 9.90 Å². The lowest BCUT2D eigenvalue weighted by molar-refractivity contribution is -0.130. The molecule has 0 unspecified atom stereocenters. The van der Waals surface area contributed by atoms with Crippen LogP contribution in [0.4, 0.5) is 5.69 Å². The van der Waals surface area contributed by atoms with Gasteiger partial charge in [-0.2, -0.15) is 0 Å². The molecule has 1 N–H and O–H groups in total. The molecule has 3 aromatic rings. The zero-order chi connectivity index (χ0) is 21.8. The first-order valence-corrected chi connectivity index (χ1v) is 10.4. The average molecular weight is 421 g/mol. The Kier molecular flexibility index (Phi) is 6.11. The van der Waals surface area contributed by atoms with Crippen molar-refractivity contribution >= 4 is 11.6 Å². The second-order valence-corrected chi connectivity index (χ2v) is 7.80. The standard InChI is InChI=1S/C24H27N3O4/c1-17-23(18(2)31-25-17)16-30-22-8-6-19(7-9-22)14-24(29)27-12-10-26(11-13-27)20-4-3-5-21(28)15-20/h3-9,15,28H,10-14,16H2,1-2H3. The third kappa shape index (κ3) is 4.99. The van der Waals surface area contributed by atoms with Gasteiger partial charge in [0, 0.05) is 37.9 Å². The van der Waals surface area contributed by atoms with E-state index in [1.807, 2.05) is 55.1 Å². The van der Waals surface area contributed by atoms with Gasteiger partial charge in [0.05, 0.1) is 17.7 Å². The van der Waals surface area contributed by atoms with Gasteiger partial charge in [0.25, 0.3) is 0 Å². The van der Waals surface area contributed by atoms with Gasteiger partial charge in [0.15, 0.2) is 0 Å². The fraction of sp³-hybridized carbons (Fsp3) is 0.333. The van der Waals surface area contributed by atoms with Gasteiger partial charge in [0.1, 0.15) is 23.9 Å². The Morgan fingerprint density at radius 2 is 1.84 bits per heavy atom. The molecule has 1 amide bonds. The highest BCUT2D eigenvalue weighted by atomic mass is 16.5. The molecular formula is C24H27N3O4. The minimum absolute atomic E-state index is 0.125. The van der Waals surface area contributed by atoms with Crippen LogP contribution in [-0.2, 0) is 17.8 Å². The normalized spacial score (nSPS) is 14.0. The summed E-state index contributed by atoms with van der Waals surface area (Å²) in [5.41, 5.74) is 3.75. The van der Waals surface area contributed by atoms with Gasteiger partial charge >= 0.3 is 0 Å². The van der Waals surface area contributed by atoms with Gasteiger partial charge in [-0.25, -0.2) is 0 Å². The Morgan fingerprint density at radius 1 is 1.10 bits per heavy atom. The molecule has 1 fully saturated rings. The number of ether oxygens (including phenoxy) is 1. The summed E-state index contributed by atoms with van der Waals surface area (Å²) in [7, 11) is 0. The molecule has 1 aromatic heterocycles. The Bertz CT molecular complexity index is 1020. The highest BCUT2D eigenvalue weighted by Crippen LogP contribution is 2.22. The molecule has 2 heterocycles. The number of carbonyl (C=O) groups excluding carboxylic acids is 1. The summed E-state index contributed by atoms with van der Waals surface area (Å²) < 4.78 is 11.0. The van der Waals surface area contributed by atoms with Crippen molar-refractivity contribution in [3.8, 4) is 11.5 Å². The van der Waals surface area contributed by atoms with Gasteiger partial charge in [-0.3, -0.25) is 4.79 Å². The van der Waals surface area contributed by atoms with Crippen LogP contribution in [0.15, 0.2) is 53.1 Å². The first-order chi connectivity index (χ1) is 15.0. The van der Waals surface area contributed by atoms with Crippen molar-refractivity contribution in [3.63, 3.8) is 0 Å². The molecule has 7 heteroatoms. The molecule has 1 aliphatic heterocycles. The number of hydrogen-bond acceptors (Lipinski definition) is 6. The summed E-state index contributed by atoms with van der Waals surface area (Å²) in [6.45, 7) is 7.03. The van der Waals surface area contributed by atoms with E-state index >= 15 is 0 Å². The van der Waals surface area contributed by atoms with Crippen molar-refractivity contribution in [1.29, 1.82) is 0 Å². The third-order valence-electron chi connectivity index (χ3n) is 5.67. The Labute approximate surface area is 181 Å². The summed E-state index contributed by atoms with van der Waals surface area (Å²) in [6, 6.07) is 14.9. The average Bonchev–Trinajstić information content (AvgIpc) is 3.10. The van der Waals surface area contributed by atoms with E-state index in [0.717, 1.165) is 47.1 Å². The Morgan fingerprint density at radius 3 is 2.48 bits per heavy atom. The molecule has 0 spiro atoms. The fourth-order valence-corrected chi connectivity index (χ4v) is 3.76. The Hall–Kier alpha value is -3.48. The van der Waals surface area contributed by atoms with Gasteiger partial charge in [-0.05, 0) is 43.7 Å². The first kappa shape index (κ1) is 20.8. The third-order valence-corrected chi connectivity index (χ3v) is 5.67. The van der Waals surface area contributed by atoms with E-state index in [0.29, 0.717) is 26.1 Å². The summed E-state index contributed by atoms with van der Waals surface area (Å²) in [4.78, 5) is 16.8. The van der Waals surface area contributed by atoms with Crippen molar-refractivity contribution in [2.24, 2.45) is 0 Å². The van der Waals surface area contributed by atoms with Crippen LogP contribution in [-0.4, -0.2) is 47.2 Å². The van der Waals surface area contributed by atoms with Crippen LogP contribution in [0.3, 0.4) is 0 Å². The predicted octanol–water partition coefficient (Wildman–Crippen LogP) is 3.47. The van der Waals surface area contributed by atoms with E-state index < -0.39 is 0 Å². The number of phenolic OH excluding ortho intramolecular Hbond substituents is 1. The van der Waals surface area contributed by atoms with E-state index in [1.165, 1.54) is 0 Å². The lowest BCUT2D eigenvalue weighted by Crippen LogP contribution is -2.49. The molecule has 0 saturated carbocycles. The second-order valence-electron chi connectivity index (χ2n) is 7.80. The van der Waals surface area contributed by atoms with Crippen molar-refractivity contribution in [2.45, 2.75) is 26.9 Å². The van der Waals surface area contributed by atoms with Gasteiger partial charge in [-0.1, -0.05) is 23.4 Å². The van der Waals surface area contributed by atoms with Crippen LogP contribution in [0.2, 0.25) is 0 Å². The molecule has 31 heavy (non-hydrogen) atoms. The molecule has 7 nitrogen and oxygen atoms in total. The number of carbonyl (C=O) groups is 1. The molecule has 2 aromatic carbocycles. The van der Waals surface area contributed by atoms with E-state index in [4.69, 9.17) is 9.26 Å². The van der Waals surface area contributed by atoms with Gasteiger partial charge in [0.2, 0.25) is 5.91 Å². The van der Waals surface area contributed by atoms with Crippen LogP contribution in [0.25, 0.3) is 0 Å². The number of rotatable bonds is 6. The SMILES string of the molecule is Cc1noc(C)c1COc1ccc(CC(=O)N2CCN(c3cccc(O)c3)CC2)cc1. The Balaban J connectivity index is 1.27. The van der Waals surface area contributed by atoms with Gasteiger partial charge < -0.3 is 24.2 Å². The maximum Gasteiger partial charge on any atom is 0.227 e. The van der Waals surface area contributed by atoms with E-state index in [-0.39, 0.29) is 11.7 Å². The highest BCUT2D eigenvalue weighted by molar-refractivity contribution is 5.79. The summed E-state index contributed by atoms with van der Waals surface area (Å²) in [6.07, 6.45) is 0.371. The van der Waals surface area contributed by atoms with Crippen LogP contribution >= 0.6 is 0 Å². The zero-order valence-electron chi connectivity index (χ0n) is 17.9. The quantitative estimate of drug-likeness (QED) is 0.657. The molecule has 0 radical (unpaired) electrons. The van der Waals surface area contributed by atoms with Crippen LogP contribution in [0.5, 0.6) is 11.5 Å². The molecule has 4 rings (SSSR count). The summed E-state index contributed by atoms with van der Waals surface area (Å²) in [5.74, 6) is 1.90. The largest absolute Gasteiger partial charge is 0.508 e. The first-order valence-electron chi connectivity index (χ1n) is 10.4. The monoisotopic (exact) mass is 421 g/mol. The minimum Gasteiger partial charge on any atom is -0.508 e. The number of aryl methyl sites for hydroxylation is 2. The number of piperazine rings is 1. The molecule has 0 bridgehead atoms. The van der Waals surface area contributed by atoms with Crippen LogP contribution < -0.4 is 9.64 Å². The number of amides is 1. The summed E-state index contributed by atoms with van der Waals surface area (Å²) >= 11 is 0. The number of nitrogens with zero attached hydrogens (tertiary/aromatic N) is 3. The highest BCUT2D eigenvalue weighted by Gasteiger charge is 2.21. The number of aromatic hydroxyl groups is 1. The summed E-state index contributed by atoms with van der Waals surface area (Å²) in [5, 5.41) is 13.6. The van der Waals surface area contributed by atoms with E-state index in [2.05, 4.69) is 10.1 Å². The topological polar surface area (TPSA) is 79.0 Å². The van der Waals surface area contributed by atoms with Crippen LogP contribution in [0, 0.1) is 13.8 Å². The smallest absolute Gasteiger partial charge is 0.227 e. The fourth-order valence-electron chi connectivity index (χ4n) is 3.76. The van der Waals surface area contributed by atoms with Crippen molar-refractivity contribution in [2.75, 3.05) is 31.1 Å². The molecule has 0 aliphatic carbocycles. The number of phenols is 1. The predicted molar refractivity (Wildman–Crippen MR) is 117 cm³/mol. The minimum atomic E-state index is 0.125. The molecule has 162 valence electrons. The number of aromatic nitrogens is 1. The maximum atomic E-state index is 12.7. The van der Waals surface area contributed by atoms with Crippen LogP contribution in [0.1, 0.15) is 22.6 Å². The van der Waals surface area contributed by atoms with Gasteiger partial charge in [-0.15, -0.1) is 0 Å². The zero-order valence-corrected chi connectivity index (χ0v) is 17.9. The second kappa shape index (κ2) is 9.12. The lowest BCUT2D eigenvalue weighted by Gasteiger charge is -2.36. The van der Waals surface area contributed by atoms with Crippen molar-refractivity contribution in [3.05, 3.63) is 71.1 Å².